The van der Waals surface area contributed by atoms with Crippen molar-refractivity contribution < 1.29 is 9.84 Å². The minimum atomic E-state index is 0.106. The van der Waals surface area contributed by atoms with E-state index < -0.39 is 0 Å². The molecule has 112 valence electrons. The second-order valence-corrected chi connectivity index (χ2v) is 5.03. The van der Waals surface area contributed by atoms with Gasteiger partial charge in [0.05, 0.1) is 25.6 Å². The van der Waals surface area contributed by atoms with E-state index in [1.165, 1.54) is 12.8 Å². The van der Waals surface area contributed by atoms with Gasteiger partial charge >= 0.3 is 0 Å². The Balaban J connectivity index is 2.02. The van der Waals surface area contributed by atoms with Crippen molar-refractivity contribution >= 4 is 5.82 Å². The van der Waals surface area contributed by atoms with Crippen LogP contribution in [0.25, 0.3) is 0 Å². The van der Waals surface area contributed by atoms with Crippen LogP contribution in [0.2, 0.25) is 0 Å². The number of aliphatic hydroxyl groups excluding tert-OH is 1. The summed E-state index contributed by atoms with van der Waals surface area (Å²) >= 11 is 0. The summed E-state index contributed by atoms with van der Waals surface area (Å²) in [4.78, 5) is 10.7. The van der Waals surface area contributed by atoms with Crippen molar-refractivity contribution in [3.05, 3.63) is 12.4 Å². The van der Waals surface area contributed by atoms with E-state index in [0.717, 1.165) is 25.3 Å². The van der Waals surface area contributed by atoms with Gasteiger partial charge in [0, 0.05) is 19.1 Å². The van der Waals surface area contributed by atoms with Gasteiger partial charge in [-0.2, -0.15) is 4.98 Å². The van der Waals surface area contributed by atoms with Crippen molar-refractivity contribution in [3.63, 3.8) is 0 Å². The van der Waals surface area contributed by atoms with Crippen LogP contribution in [-0.4, -0.2) is 54.0 Å². The number of aromatic nitrogens is 2. The molecule has 0 aliphatic carbocycles. The Morgan fingerprint density at radius 3 is 3.10 bits per heavy atom. The van der Waals surface area contributed by atoms with E-state index in [9.17, 15) is 5.11 Å². The van der Waals surface area contributed by atoms with Crippen molar-refractivity contribution in [1.29, 1.82) is 0 Å². The highest BCUT2D eigenvalue weighted by atomic mass is 16.5. The van der Waals surface area contributed by atoms with E-state index >= 15 is 0 Å². The first kappa shape index (κ1) is 15.0. The summed E-state index contributed by atoms with van der Waals surface area (Å²) in [5.41, 5.74) is 0. The van der Waals surface area contributed by atoms with Gasteiger partial charge in [-0.05, 0) is 25.8 Å². The highest BCUT2D eigenvalue weighted by molar-refractivity contribution is 5.38. The lowest BCUT2D eigenvalue weighted by molar-refractivity contribution is 0.296. The van der Waals surface area contributed by atoms with Gasteiger partial charge in [0.25, 0.3) is 0 Å². The van der Waals surface area contributed by atoms with Gasteiger partial charge in [-0.3, -0.25) is 4.98 Å². The van der Waals surface area contributed by atoms with E-state index in [-0.39, 0.29) is 6.61 Å². The van der Waals surface area contributed by atoms with Gasteiger partial charge in [0.2, 0.25) is 5.88 Å². The van der Waals surface area contributed by atoms with Gasteiger partial charge in [0.15, 0.2) is 5.82 Å². The number of nitrogens with one attached hydrogen (secondary N) is 1. The maximum atomic E-state index is 9.24. The highest BCUT2D eigenvalue weighted by Crippen LogP contribution is 2.16. The quantitative estimate of drug-likeness (QED) is 0.734. The molecule has 0 aromatic carbocycles. The monoisotopic (exact) mass is 280 g/mol. The average molecular weight is 280 g/mol. The zero-order valence-corrected chi connectivity index (χ0v) is 12.1. The first-order valence-corrected chi connectivity index (χ1v) is 7.37. The Morgan fingerprint density at radius 2 is 2.40 bits per heavy atom. The molecule has 1 unspecified atom stereocenters. The summed E-state index contributed by atoms with van der Waals surface area (Å²) < 4.78 is 5.52. The minimum absolute atomic E-state index is 0.106. The second-order valence-electron chi connectivity index (χ2n) is 5.03. The van der Waals surface area contributed by atoms with Crippen LogP contribution in [0.3, 0.4) is 0 Å². The van der Waals surface area contributed by atoms with E-state index in [4.69, 9.17) is 4.74 Å². The Hall–Kier alpha value is -1.40. The highest BCUT2D eigenvalue weighted by Gasteiger charge is 2.19. The lowest BCUT2D eigenvalue weighted by Crippen LogP contribution is -2.39. The lowest BCUT2D eigenvalue weighted by Gasteiger charge is -2.26. The molecule has 2 N–H and O–H groups in total. The molecule has 0 radical (unpaired) electrons. The molecule has 1 aliphatic heterocycles. The van der Waals surface area contributed by atoms with Crippen LogP contribution in [0.4, 0.5) is 5.82 Å². The van der Waals surface area contributed by atoms with Crippen LogP contribution in [0.15, 0.2) is 12.4 Å². The van der Waals surface area contributed by atoms with Crippen molar-refractivity contribution in [2.24, 2.45) is 0 Å². The number of aliphatic hydroxyl groups is 1. The molecule has 1 atom stereocenters. The van der Waals surface area contributed by atoms with Crippen molar-refractivity contribution in [1.82, 2.24) is 15.3 Å². The van der Waals surface area contributed by atoms with E-state index in [2.05, 4.69) is 27.1 Å². The third kappa shape index (κ3) is 4.31. The van der Waals surface area contributed by atoms with E-state index in [0.29, 0.717) is 25.1 Å². The summed E-state index contributed by atoms with van der Waals surface area (Å²) in [7, 11) is 0. The van der Waals surface area contributed by atoms with Gasteiger partial charge in [-0.15, -0.1) is 0 Å². The van der Waals surface area contributed by atoms with Gasteiger partial charge in [-0.25, -0.2) is 0 Å². The molecular weight excluding hydrogens is 256 g/mol. The van der Waals surface area contributed by atoms with Crippen molar-refractivity contribution in [2.45, 2.75) is 32.2 Å². The largest absolute Gasteiger partial charge is 0.477 e. The molecule has 0 bridgehead atoms. The zero-order chi connectivity index (χ0) is 14.2. The molecule has 1 saturated heterocycles. The summed E-state index contributed by atoms with van der Waals surface area (Å²) in [6.45, 7) is 5.28. The van der Waals surface area contributed by atoms with Crippen LogP contribution in [0.5, 0.6) is 5.88 Å². The van der Waals surface area contributed by atoms with Crippen molar-refractivity contribution in [3.8, 4) is 5.88 Å². The number of ether oxygens (including phenoxy) is 1. The van der Waals surface area contributed by atoms with Gasteiger partial charge in [0.1, 0.15) is 0 Å². The summed E-state index contributed by atoms with van der Waals surface area (Å²) in [5.74, 6) is 1.31. The van der Waals surface area contributed by atoms with Crippen LogP contribution < -0.4 is 15.0 Å². The normalized spacial score (nSPS) is 18.2. The molecule has 0 spiro atoms. The third-order valence-electron chi connectivity index (χ3n) is 3.35. The number of anilines is 1. The molecule has 6 heteroatoms. The Bertz CT molecular complexity index is 397. The molecule has 1 aromatic heterocycles. The Morgan fingerprint density at radius 1 is 1.50 bits per heavy atom. The molecule has 6 nitrogen and oxygen atoms in total. The average Bonchev–Trinajstić information content (AvgIpc) is 2.98. The maximum absolute atomic E-state index is 9.24. The van der Waals surface area contributed by atoms with Crippen LogP contribution in [0, 0.1) is 0 Å². The number of nitrogens with zero attached hydrogens (tertiary/aromatic N) is 3. The molecule has 1 aliphatic rings. The SMILES string of the molecule is CCCOc1cncc(N(CCO)CC2CCCN2)n1. The minimum Gasteiger partial charge on any atom is -0.477 e. The van der Waals surface area contributed by atoms with E-state index in [1.807, 2.05) is 0 Å². The predicted octanol–water partition coefficient (Wildman–Crippen LogP) is 0.816. The number of hydrogen-bond donors (Lipinski definition) is 2. The van der Waals surface area contributed by atoms with E-state index in [1.54, 1.807) is 12.4 Å². The topological polar surface area (TPSA) is 70.5 Å². The first-order chi connectivity index (χ1) is 9.83. The van der Waals surface area contributed by atoms with Crippen LogP contribution in [0.1, 0.15) is 26.2 Å². The number of rotatable bonds is 8. The van der Waals surface area contributed by atoms with Gasteiger partial charge < -0.3 is 20.1 Å². The molecule has 1 aromatic rings. The molecule has 2 rings (SSSR count). The second kappa shape index (κ2) is 8.01. The zero-order valence-electron chi connectivity index (χ0n) is 12.1. The molecule has 0 saturated carbocycles. The maximum Gasteiger partial charge on any atom is 0.234 e. The van der Waals surface area contributed by atoms with Crippen molar-refractivity contribution in [2.75, 3.05) is 37.7 Å². The summed E-state index contributed by atoms with van der Waals surface area (Å²) in [6, 6.07) is 0.462. The fraction of sp³-hybridized carbons (Fsp3) is 0.714. The smallest absolute Gasteiger partial charge is 0.234 e. The molecule has 0 amide bonds. The lowest BCUT2D eigenvalue weighted by atomic mass is 10.2. The summed E-state index contributed by atoms with van der Waals surface area (Å²) in [6.07, 6.45) is 6.68. The fourth-order valence-electron chi connectivity index (χ4n) is 2.37. The third-order valence-corrected chi connectivity index (χ3v) is 3.35. The Labute approximate surface area is 120 Å². The molecule has 20 heavy (non-hydrogen) atoms. The molecule has 1 fully saturated rings. The number of hydrogen-bond acceptors (Lipinski definition) is 6. The van der Waals surface area contributed by atoms with Crippen LogP contribution in [-0.2, 0) is 0 Å². The predicted molar refractivity (Wildman–Crippen MR) is 78.1 cm³/mol. The fourth-order valence-corrected chi connectivity index (χ4v) is 2.37. The van der Waals surface area contributed by atoms with Gasteiger partial charge in [-0.1, -0.05) is 6.92 Å². The standard InChI is InChI=1S/C14H24N4O2/c1-2-8-20-14-10-15-9-13(17-14)18(6-7-19)11-12-4-3-5-16-12/h9-10,12,16,19H,2-8,11H2,1H3. The van der Waals surface area contributed by atoms with Crippen LogP contribution >= 0.6 is 0 Å². The Kier molecular flexibility index (Phi) is 6.01. The summed E-state index contributed by atoms with van der Waals surface area (Å²) in [5, 5.41) is 12.7. The molecular formula is C14H24N4O2. The molecule has 2 heterocycles. The first-order valence-electron chi connectivity index (χ1n) is 7.37.